The monoisotopic (exact) mass is 382 g/mol. The quantitative estimate of drug-likeness (QED) is 0.519. The van der Waals surface area contributed by atoms with Gasteiger partial charge in [-0.05, 0) is 51.3 Å². The molecular weight excluding hydrogens is 348 g/mol. The second-order valence-electron chi connectivity index (χ2n) is 6.66. The molecule has 1 aromatic carbocycles. The van der Waals surface area contributed by atoms with E-state index >= 15 is 0 Å². The summed E-state index contributed by atoms with van der Waals surface area (Å²) in [6.07, 6.45) is 2.76. The fraction of sp³-hybridized carbons (Fsp3) is 0.700. The highest BCUT2D eigenvalue weighted by atomic mass is 28.4. The summed E-state index contributed by atoms with van der Waals surface area (Å²) in [6.45, 7) is 12.5. The minimum absolute atomic E-state index is 0.508. The average Bonchev–Trinajstić information content (AvgIpc) is 2.62. The van der Waals surface area contributed by atoms with Gasteiger partial charge in [-0.3, -0.25) is 0 Å². The predicted octanol–water partition coefficient (Wildman–Crippen LogP) is 4.70. The van der Waals surface area contributed by atoms with E-state index in [-0.39, 0.29) is 0 Å². The van der Waals surface area contributed by atoms with Crippen molar-refractivity contribution in [1.82, 2.24) is 0 Å². The van der Waals surface area contributed by atoms with Gasteiger partial charge in [0.1, 0.15) is 5.75 Å². The van der Waals surface area contributed by atoms with Gasteiger partial charge >= 0.3 is 8.80 Å². The summed E-state index contributed by atoms with van der Waals surface area (Å²) < 4.78 is 29.7. The zero-order chi connectivity index (χ0) is 19.0. The molecule has 0 spiro atoms. The third-order valence-corrected chi connectivity index (χ3v) is 7.82. The molecule has 6 heteroatoms. The fourth-order valence-corrected chi connectivity index (χ4v) is 5.79. The van der Waals surface area contributed by atoms with Crippen LogP contribution in [0, 0.1) is 0 Å². The lowest BCUT2D eigenvalue weighted by Gasteiger charge is -2.35. The van der Waals surface area contributed by atoms with Crippen LogP contribution in [-0.4, -0.2) is 34.4 Å². The maximum absolute atomic E-state index is 6.00. The number of fused-ring (bicyclic) bond motifs is 1. The van der Waals surface area contributed by atoms with Gasteiger partial charge < -0.3 is 22.8 Å². The van der Waals surface area contributed by atoms with Crippen molar-refractivity contribution < 1.29 is 22.8 Å². The maximum Gasteiger partial charge on any atom is 0.500 e. The molecule has 1 aliphatic rings. The molecule has 1 aliphatic heterocycles. The first-order chi connectivity index (χ1) is 12.5. The molecule has 1 heterocycles. The van der Waals surface area contributed by atoms with Crippen molar-refractivity contribution in [2.45, 2.75) is 72.3 Å². The van der Waals surface area contributed by atoms with E-state index in [1.165, 1.54) is 5.56 Å². The molecule has 2 rings (SSSR count). The van der Waals surface area contributed by atoms with Gasteiger partial charge in [0.15, 0.2) is 0 Å². The van der Waals surface area contributed by atoms with E-state index in [9.17, 15) is 0 Å². The molecule has 1 unspecified atom stereocenters. The Morgan fingerprint density at radius 2 is 1.69 bits per heavy atom. The highest BCUT2D eigenvalue weighted by Gasteiger charge is 2.39. The van der Waals surface area contributed by atoms with Crippen LogP contribution >= 0.6 is 0 Å². The Hall–Kier alpha value is -0.923. The summed E-state index contributed by atoms with van der Waals surface area (Å²) in [7, 11) is -2.55. The van der Waals surface area contributed by atoms with Crippen LogP contribution in [0.5, 0.6) is 5.75 Å². The van der Waals surface area contributed by atoms with Crippen LogP contribution in [0.25, 0.3) is 0 Å². The lowest BCUT2D eigenvalue weighted by Crippen LogP contribution is -2.46. The SMILES string of the molecule is CCO[Si](CCCc1ccc2c(c1)COC(C)(CC)O2)(OCC)OCC. The Morgan fingerprint density at radius 1 is 1.04 bits per heavy atom. The topological polar surface area (TPSA) is 46.2 Å². The molecule has 0 radical (unpaired) electrons. The maximum atomic E-state index is 6.00. The largest absolute Gasteiger partial charge is 0.500 e. The number of rotatable bonds is 11. The Kier molecular flexibility index (Phi) is 8.10. The molecular formula is C20H34O5Si. The zero-order valence-corrected chi connectivity index (χ0v) is 17.9. The first-order valence-electron chi connectivity index (χ1n) is 9.86. The number of ether oxygens (including phenoxy) is 2. The normalized spacial score (nSPS) is 19.9. The molecule has 1 aromatic rings. The van der Waals surface area contributed by atoms with Crippen molar-refractivity contribution in [3.8, 4) is 5.75 Å². The van der Waals surface area contributed by atoms with Gasteiger partial charge in [-0.15, -0.1) is 0 Å². The van der Waals surface area contributed by atoms with E-state index in [0.29, 0.717) is 26.4 Å². The third-order valence-electron chi connectivity index (χ3n) is 4.67. The lowest BCUT2D eigenvalue weighted by molar-refractivity contribution is -0.194. The molecule has 26 heavy (non-hydrogen) atoms. The highest BCUT2D eigenvalue weighted by molar-refractivity contribution is 6.60. The molecule has 148 valence electrons. The number of hydrogen-bond acceptors (Lipinski definition) is 5. The Labute approximate surface area is 159 Å². The van der Waals surface area contributed by atoms with Gasteiger partial charge in [-0.1, -0.05) is 13.0 Å². The van der Waals surface area contributed by atoms with Crippen LogP contribution in [0.1, 0.15) is 58.6 Å². The van der Waals surface area contributed by atoms with Gasteiger partial charge in [0.25, 0.3) is 0 Å². The van der Waals surface area contributed by atoms with Crippen molar-refractivity contribution in [1.29, 1.82) is 0 Å². The summed E-state index contributed by atoms with van der Waals surface area (Å²) in [6, 6.07) is 7.24. The lowest BCUT2D eigenvalue weighted by atomic mass is 10.0. The zero-order valence-electron chi connectivity index (χ0n) is 16.9. The Bertz CT molecular complexity index is 548. The fourth-order valence-electron chi connectivity index (χ4n) is 3.18. The predicted molar refractivity (Wildman–Crippen MR) is 104 cm³/mol. The molecule has 0 saturated carbocycles. The van der Waals surface area contributed by atoms with Gasteiger partial charge in [0, 0.05) is 44.8 Å². The first-order valence-corrected chi connectivity index (χ1v) is 11.8. The van der Waals surface area contributed by atoms with Crippen LogP contribution in [0.4, 0.5) is 0 Å². The van der Waals surface area contributed by atoms with E-state index in [2.05, 4.69) is 25.1 Å². The Morgan fingerprint density at radius 3 is 2.27 bits per heavy atom. The minimum Gasteiger partial charge on any atom is -0.462 e. The highest BCUT2D eigenvalue weighted by Crippen LogP contribution is 2.34. The van der Waals surface area contributed by atoms with Crippen LogP contribution < -0.4 is 4.74 Å². The molecule has 0 bridgehead atoms. The first kappa shape index (κ1) is 21.4. The molecule has 0 aliphatic carbocycles. The number of benzene rings is 1. The molecule has 0 amide bonds. The summed E-state index contributed by atoms with van der Waals surface area (Å²) in [5.41, 5.74) is 2.40. The third kappa shape index (κ3) is 5.54. The van der Waals surface area contributed by atoms with Gasteiger partial charge in [-0.25, -0.2) is 0 Å². The summed E-state index contributed by atoms with van der Waals surface area (Å²) in [4.78, 5) is 0. The molecule has 0 saturated heterocycles. The summed E-state index contributed by atoms with van der Waals surface area (Å²) in [5, 5.41) is 0. The van der Waals surface area contributed by atoms with E-state index in [1.807, 2.05) is 27.7 Å². The molecule has 1 atom stereocenters. The van der Waals surface area contributed by atoms with Crippen molar-refractivity contribution in [3.63, 3.8) is 0 Å². The van der Waals surface area contributed by atoms with Crippen LogP contribution in [0.3, 0.4) is 0 Å². The van der Waals surface area contributed by atoms with Crippen LogP contribution in [-0.2, 0) is 31.0 Å². The minimum atomic E-state index is -2.55. The molecule has 0 aromatic heterocycles. The standard InChI is InChI=1S/C20H34O5Si/c1-6-20(5)21-16-18-15-17(12-13-19(18)25-20)11-10-14-26(22-7-2,23-8-3)24-9-4/h12-13,15H,6-11,14,16H2,1-5H3. The Balaban J connectivity index is 1.97. The number of aryl methyl sites for hydroxylation is 1. The molecule has 5 nitrogen and oxygen atoms in total. The van der Waals surface area contributed by atoms with Gasteiger partial charge in [0.05, 0.1) is 6.61 Å². The van der Waals surface area contributed by atoms with Crippen molar-refractivity contribution >= 4 is 8.80 Å². The van der Waals surface area contributed by atoms with E-state index < -0.39 is 14.6 Å². The van der Waals surface area contributed by atoms with Crippen molar-refractivity contribution in [2.75, 3.05) is 19.8 Å². The van der Waals surface area contributed by atoms with Gasteiger partial charge in [0.2, 0.25) is 5.79 Å². The number of hydrogen-bond donors (Lipinski definition) is 0. The van der Waals surface area contributed by atoms with Crippen molar-refractivity contribution in [2.24, 2.45) is 0 Å². The summed E-state index contributed by atoms with van der Waals surface area (Å²) in [5.74, 6) is 0.428. The van der Waals surface area contributed by atoms with E-state index in [1.54, 1.807) is 0 Å². The molecule has 0 N–H and O–H groups in total. The van der Waals surface area contributed by atoms with Crippen LogP contribution in [0.2, 0.25) is 6.04 Å². The second-order valence-corrected chi connectivity index (χ2v) is 9.39. The van der Waals surface area contributed by atoms with Crippen LogP contribution in [0.15, 0.2) is 18.2 Å². The van der Waals surface area contributed by atoms with E-state index in [4.69, 9.17) is 22.8 Å². The second kappa shape index (κ2) is 9.85. The van der Waals surface area contributed by atoms with Gasteiger partial charge in [-0.2, -0.15) is 0 Å². The summed E-state index contributed by atoms with van der Waals surface area (Å²) >= 11 is 0. The van der Waals surface area contributed by atoms with E-state index in [0.717, 1.165) is 36.6 Å². The van der Waals surface area contributed by atoms with Crippen molar-refractivity contribution in [3.05, 3.63) is 29.3 Å². The average molecular weight is 383 g/mol. The molecule has 0 fully saturated rings. The smallest absolute Gasteiger partial charge is 0.462 e.